The first-order chi connectivity index (χ1) is 13.2. The molecule has 1 atom stereocenters. The number of carbonyl (C=O) groups excluding carboxylic acids is 1. The topological polar surface area (TPSA) is 41.4 Å². The van der Waals surface area contributed by atoms with Crippen molar-refractivity contribution in [2.75, 3.05) is 26.2 Å². The first-order valence-electron chi connectivity index (χ1n) is 10.6. The quantitative estimate of drug-likeness (QED) is 0.738. The summed E-state index contributed by atoms with van der Waals surface area (Å²) in [6.07, 6.45) is 2.97. The van der Waals surface area contributed by atoms with Crippen LogP contribution in [-0.2, 0) is 18.4 Å². The van der Waals surface area contributed by atoms with Crippen LogP contribution >= 0.6 is 0 Å². The second-order valence-electron chi connectivity index (χ2n) is 8.90. The van der Waals surface area contributed by atoms with Crippen LogP contribution < -0.4 is 0 Å². The molecule has 1 aromatic rings. The third-order valence-electron chi connectivity index (χ3n) is 6.53. The summed E-state index contributed by atoms with van der Waals surface area (Å²) < 4.78 is 31.2. The summed E-state index contributed by atoms with van der Waals surface area (Å²) in [6.45, 7) is 8.08. The Balaban J connectivity index is 1.79. The molecule has 1 unspecified atom stereocenters. The number of halogens is 2. The Morgan fingerprint density at radius 3 is 2.57 bits per heavy atom. The van der Waals surface area contributed by atoms with Crippen LogP contribution in [0.2, 0.25) is 0 Å². The van der Waals surface area contributed by atoms with Crippen molar-refractivity contribution in [2.24, 2.45) is 18.4 Å². The molecule has 2 aliphatic rings. The van der Waals surface area contributed by atoms with Crippen molar-refractivity contribution in [1.29, 1.82) is 0 Å². The van der Waals surface area contributed by atoms with Gasteiger partial charge in [0, 0.05) is 33.1 Å². The number of hydrogen-bond donors (Lipinski definition) is 0. The van der Waals surface area contributed by atoms with Gasteiger partial charge in [0.05, 0.1) is 29.9 Å². The van der Waals surface area contributed by atoms with E-state index >= 15 is 0 Å². The lowest BCUT2D eigenvalue weighted by Gasteiger charge is -2.49. The summed E-state index contributed by atoms with van der Waals surface area (Å²) >= 11 is 0. The average Bonchev–Trinajstić information content (AvgIpc) is 2.93. The maximum Gasteiger partial charge on any atom is 0.261 e. The molecule has 1 aromatic heterocycles. The van der Waals surface area contributed by atoms with E-state index in [0.29, 0.717) is 38.5 Å². The molecule has 0 saturated carbocycles. The Kier molecular flexibility index (Phi) is 6.13. The highest BCUT2D eigenvalue weighted by Gasteiger charge is 2.55. The van der Waals surface area contributed by atoms with Crippen molar-refractivity contribution in [3.05, 3.63) is 17.5 Å². The molecule has 2 fully saturated rings. The number of likely N-dealkylation sites (tertiary alicyclic amines) is 2. The molecule has 7 heteroatoms. The Morgan fingerprint density at radius 2 is 1.96 bits per heavy atom. The van der Waals surface area contributed by atoms with E-state index in [1.165, 1.54) is 0 Å². The van der Waals surface area contributed by atoms with E-state index in [4.69, 9.17) is 0 Å². The minimum Gasteiger partial charge on any atom is -0.336 e. The van der Waals surface area contributed by atoms with E-state index in [1.54, 1.807) is 9.58 Å². The van der Waals surface area contributed by atoms with Gasteiger partial charge in [-0.3, -0.25) is 14.4 Å². The smallest absolute Gasteiger partial charge is 0.261 e. The van der Waals surface area contributed by atoms with E-state index in [1.807, 2.05) is 24.9 Å². The molecule has 0 aliphatic carbocycles. The lowest BCUT2D eigenvalue weighted by atomic mass is 9.71. The monoisotopic (exact) mass is 396 g/mol. The van der Waals surface area contributed by atoms with Crippen molar-refractivity contribution in [3.8, 4) is 0 Å². The number of carbonyl (C=O) groups is 1. The molecule has 0 N–H and O–H groups in total. The van der Waals surface area contributed by atoms with Gasteiger partial charge in [-0.2, -0.15) is 5.10 Å². The summed E-state index contributed by atoms with van der Waals surface area (Å²) in [4.78, 5) is 17.1. The van der Waals surface area contributed by atoms with Crippen LogP contribution in [0.5, 0.6) is 0 Å². The molecule has 28 heavy (non-hydrogen) atoms. The van der Waals surface area contributed by atoms with Crippen LogP contribution in [0.3, 0.4) is 0 Å². The fourth-order valence-corrected chi connectivity index (χ4v) is 5.08. The van der Waals surface area contributed by atoms with Crippen LogP contribution in [0.1, 0.15) is 57.3 Å². The highest BCUT2D eigenvalue weighted by Crippen LogP contribution is 2.45. The van der Waals surface area contributed by atoms with Crippen LogP contribution in [0.4, 0.5) is 8.78 Å². The largest absolute Gasteiger partial charge is 0.336 e. The summed E-state index contributed by atoms with van der Waals surface area (Å²) in [6, 6.07) is 1.96. The average molecular weight is 397 g/mol. The number of hydrogen-bond acceptors (Lipinski definition) is 3. The van der Waals surface area contributed by atoms with Gasteiger partial charge < -0.3 is 4.90 Å². The Labute approximate surface area is 167 Å². The van der Waals surface area contributed by atoms with Gasteiger partial charge in [-0.05, 0) is 31.7 Å². The van der Waals surface area contributed by atoms with Crippen LogP contribution in [0, 0.1) is 18.3 Å². The van der Waals surface area contributed by atoms with Gasteiger partial charge in [0.2, 0.25) is 5.91 Å². The zero-order valence-corrected chi connectivity index (χ0v) is 17.7. The van der Waals surface area contributed by atoms with E-state index in [9.17, 15) is 13.6 Å². The molecule has 5 nitrogen and oxygen atoms in total. The van der Waals surface area contributed by atoms with E-state index < -0.39 is 11.3 Å². The number of nitrogens with zero attached hydrogens (tertiary/aromatic N) is 4. The zero-order chi connectivity index (χ0) is 20.5. The standard InChI is InChI=1S/C21H34F2N4O/c1-5-17(6-2)11-26-14-20(13-21(22,23)15-26)8-7-9-27(19(20)28)12-18-10-16(3)24-25(18)4/h10,17H,5-9,11-15H2,1-4H3. The van der Waals surface area contributed by atoms with Gasteiger partial charge in [-0.15, -0.1) is 0 Å². The SMILES string of the molecule is CCC(CC)CN1CC(F)(F)CC2(CCCN(Cc3cc(C)nn3C)C2=O)C1. The summed E-state index contributed by atoms with van der Waals surface area (Å²) in [5.74, 6) is -2.52. The fourth-order valence-electron chi connectivity index (χ4n) is 5.08. The van der Waals surface area contributed by atoms with Crippen molar-refractivity contribution < 1.29 is 13.6 Å². The fraction of sp³-hybridized carbons (Fsp3) is 0.810. The molecule has 0 radical (unpaired) electrons. The van der Waals surface area contributed by atoms with Gasteiger partial charge in [-0.1, -0.05) is 26.7 Å². The van der Waals surface area contributed by atoms with Gasteiger partial charge in [0.1, 0.15) is 0 Å². The first kappa shape index (κ1) is 21.2. The lowest BCUT2D eigenvalue weighted by Crippen LogP contribution is -2.61. The molecule has 0 aromatic carbocycles. The Bertz CT molecular complexity index is 701. The highest BCUT2D eigenvalue weighted by molar-refractivity contribution is 5.84. The van der Waals surface area contributed by atoms with Crippen LogP contribution in [0.15, 0.2) is 6.07 Å². The van der Waals surface area contributed by atoms with Gasteiger partial charge in [0.15, 0.2) is 0 Å². The summed E-state index contributed by atoms with van der Waals surface area (Å²) in [5.41, 5.74) is 0.885. The maximum absolute atomic E-state index is 14.7. The third-order valence-corrected chi connectivity index (χ3v) is 6.53. The third kappa shape index (κ3) is 4.39. The molecule has 3 heterocycles. The predicted molar refractivity (Wildman–Crippen MR) is 105 cm³/mol. The molecule has 0 bridgehead atoms. The first-order valence-corrected chi connectivity index (χ1v) is 10.6. The minimum absolute atomic E-state index is 0.105. The summed E-state index contributed by atoms with van der Waals surface area (Å²) in [5, 5.41) is 4.34. The Hall–Kier alpha value is -1.50. The van der Waals surface area contributed by atoms with Crippen molar-refractivity contribution in [1.82, 2.24) is 19.6 Å². The molecular formula is C21H34F2N4O. The zero-order valence-electron chi connectivity index (χ0n) is 17.7. The van der Waals surface area contributed by atoms with Crippen molar-refractivity contribution in [2.45, 2.75) is 65.3 Å². The van der Waals surface area contributed by atoms with Crippen molar-refractivity contribution in [3.63, 3.8) is 0 Å². The van der Waals surface area contributed by atoms with Gasteiger partial charge in [0.25, 0.3) is 5.92 Å². The number of aryl methyl sites for hydroxylation is 2. The normalized spacial score (nSPS) is 25.8. The van der Waals surface area contributed by atoms with Gasteiger partial charge >= 0.3 is 0 Å². The molecule has 2 saturated heterocycles. The Morgan fingerprint density at radius 1 is 1.25 bits per heavy atom. The summed E-state index contributed by atoms with van der Waals surface area (Å²) in [7, 11) is 1.86. The van der Waals surface area contributed by atoms with Crippen molar-refractivity contribution >= 4 is 5.91 Å². The molecule has 158 valence electrons. The predicted octanol–water partition coefficient (Wildman–Crippen LogP) is 3.61. The molecule has 3 rings (SSSR count). The lowest BCUT2D eigenvalue weighted by molar-refractivity contribution is -0.171. The van der Waals surface area contributed by atoms with Gasteiger partial charge in [-0.25, -0.2) is 8.78 Å². The number of alkyl halides is 2. The number of amides is 1. The van der Waals surface area contributed by atoms with Crippen LogP contribution in [0.25, 0.3) is 0 Å². The number of piperidine rings is 2. The molecule has 2 aliphatic heterocycles. The maximum atomic E-state index is 14.7. The minimum atomic E-state index is -2.81. The second-order valence-corrected chi connectivity index (χ2v) is 8.90. The molecular weight excluding hydrogens is 362 g/mol. The van der Waals surface area contributed by atoms with E-state index in [-0.39, 0.29) is 18.9 Å². The molecule has 1 spiro atoms. The molecule has 1 amide bonds. The number of aromatic nitrogens is 2. The van der Waals surface area contributed by atoms with E-state index in [2.05, 4.69) is 18.9 Å². The van der Waals surface area contributed by atoms with E-state index in [0.717, 1.165) is 30.7 Å². The number of rotatable bonds is 6. The van der Waals surface area contributed by atoms with Crippen LogP contribution in [-0.4, -0.2) is 57.6 Å². The second kappa shape index (κ2) is 8.09. The highest BCUT2D eigenvalue weighted by atomic mass is 19.3.